The summed E-state index contributed by atoms with van der Waals surface area (Å²) >= 11 is 0. The number of rotatable bonds is 13. The topological polar surface area (TPSA) is 16.6 Å². The van der Waals surface area contributed by atoms with Gasteiger partial charge in [-0.25, -0.2) is 0 Å². The van der Waals surface area contributed by atoms with Crippen molar-refractivity contribution < 1.29 is 17.7 Å². The normalized spacial score (nSPS) is 11.3. The van der Waals surface area contributed by atoms with E-state index in [1.807, 2.05) is 0 Å². The van der Waals surface area contributed by atoms with Gasteiger partial charge in [0.05, 0.1) is 6.54 Å². The third-order valence-electron chi connectivity index (χ3n) is 5.05. The van der Waals surface area contributed by atoms with Gasteiger partial charge in [-0.3, -0.25) is 0 Å². The molecule has 1 aromatic carbocycles. The Kier molecular flexibility index (Phi) is 13.4. The fourth-order valence-electron chi connectivity index (χ4n) is 3.50. The SMILES string of the molecule is CCCCCCCCCCCC[NH2+]C(C)(C)c1ccccc1C.[Cl-]. The second kappa shape index (κ2) is 13.7. The summed E-state index contributed by atoms with van der Waals surface area (Å²) in [5, 5.41) is 2.53. The highest BCUT2D eigenvalue weighted by molar-refractivity contribution is 5.29. The van der Waals surface area contributed by atoms with Crippen LogP contribution in [0.5, 0.6) is 0 Å². The van der Waals surface area contributed by atoms with E-state index in [1.165, 1.54) is 81.9 Å². The summed E-state index contributed by atoms with van der Waals surface area (Å²) in [4.78, 5) is 0. The molecule has 0 aliphatic carbocycles. The van der Waals surface area contributed by atoms with Gasteiger partial charge in [0.25, 0.3) is 0 Å². The fraction of sp³-hybridized carbons (Fsp3) is 0.727. The first-order valence-corrected chi connectivity index (χ1v) is 9.98. The Morgan fingerprint density at radius 2 is 1.29 bits per heavy atom. The molecule has 0 amide bonds. The smallest absolute Gasteiger partial charge is 0.116 e. The van der Waals surface area contributed by atoms with Crippen molar-refractivity contribution in [3.8, 4) is 0 Å². The summed E-state index contributed by atoms with van der Waals surface area (Å²) in [5.74, 6) is 0. The first-order valence-electron chi connectivity index (χ1n) is 9.98. The second-order valence-corrected chi connectivity index (χ2v) is 7.71. The van der Waals surface area contributed by atoms with Crippen LogP contribution in [-0.2, 0) is 5.54 Å². The first-order chi connectivity index (χ1) is 11.1. The van der Waals surface area contributed by atoms with Crippen molar-refractivity contribution in [2.45, 2.75) is 97.4 Å². The van der Waals surface area contributed by atoms with Gasteiger partial charge >= 0.3 is 0 Å². The van der Waals surface area contributed by atoms with Gasteiger partial charge in [0.1, 0.15) is 5.54 Å². The van der Waals surface area contributed by atoms with E-state index < -0.39 is 0 Å². The van der Waals surface area contributed by atoms with E-state index in [9.17, 15) is 0 Å². The average Bonchev–Trinajstić information content (AvgIpc) is 2.53. The predicted octanol–water partition coefficient (Wildman–Crippen LogP) is 2.72. The van der Waals surface area contributed by atoms with Crippen molar-refractivity contribution in [3.05, 3.63) is 35.4 Å². The molecule has 0 aromatic heterocycles. The first kappa shape index (κ1) is 23.5. The van der Waals surface area contributed by atoms with Crippen LogP contribution in [0.3, 0.4) is 0 Å². The average molecular weight is 354 g/mol. The molecule has 0 aliphatic heterocycles. The molecule has 1 nitrogen and oxygen atoms in total. The van der Waals surface area contributed by atoms with E-state index in [0.29, 0.717) is 0 Å². The molecule has 0 heterocycles. The van der Waals surface area contributed by atoms with Crippen LogP contribution >= 0.6 is 0 Å². The van der Waals surface area contributed by atoms with Crippen LogP contribution in [0.2, 0.25) is 0 Å². The molecule has 0 radical (unpaired) electrons. The van der Waals surface area contributed by atoms with Crippen molar-refractivity contribution in [1.82, 2.24) is 0 Å². The molecule has 0 spiro atoms. The van der Waals surface area contributed by atoms with Gasteiger partial charge in [0.2, 0.25) is 0 Å². The fourth-order valence-corrected chi connectivity index (χ4v) is 3.50. The Hall–Kier alpha value is -0.530. The third kappa shape index (κ3) is 9.69. The highest BCUT2D eigenvalue weighted by Gasteiger charge is 2.24. The Bertz CT molecular complexity index is 414. The number of halogens is 1. The van der Waals surface area contributed by atoms with Crippen molar-refractivity contribution in [3.63, 3.8) is 0 Å². The largest absolute Gasteiger partial charge is 1.00 e. The lowest BCUT2D eigenvalue weighted by Gasteiger charge is -2.25. The van der Waals surface area contributed by atoms with E-state index in [0.717, 1.165) is 0 Å². The predicted molar refractivity (Wildman–Crippen MR) is 103 cm³/mol. The Morgan fingerprint density at radius 1 is 0.792 bits per heavy atom. The van der Waals surface area contributed by atoms with Gasteiger partial charge in [0, 0.05) is 5.56 Å². The molecule has 2 N–H and O–H groups in total. The number of aryl methyl sites for hydroxylation is 1. The zero-order valence-electron chi connectivity index (χ0n) is 16.5. The summed E-state index contributed by atoms with van der Waals surface area (Å²) in [5.41, 5.74) is 3.09. The molecule has 24 heavy (non-hydrogen) atoms. The summed E-state index contributed by atoms with van der Waals surface area (Å²) in [6.07, 6.45) is 14.2. The number of nitrogens with two attached hydrogens (primary N) is 1. The quantitative estimate of drug-likeness (QED) is 0.525. The molecule has 1 rings (SSSR count). The van der Waals surface area contributed by atoms with E-state index in [4.69, 9.17) is 0 Å². The van der Waals surface area contributed by atoms with Crippen molar-refractivity contribution in [2.75, 3.05) is 6.54 Å². The number of unbranched alkanes of at least 4 members (excludes halogenated alkanes) is 9. The maximum atomic E-state index is 2.53. The third-order valence-corrected chi connectivity index (χ3v) is 5.05. The number of hydrogen-bond donors (Lipinski definition) is 1. The van der Waals surface area contributed by atoms with Crippen LogP contribution < -0.4 is 17.7 Å². The zero-order chi connectivity index (χ0) is 17.0. The van der Waals surface area contributed by atoms with Crippen LogP contribution in [-0.4, -0.2) is 6.54 Å². The minimum Gasteiger partial charge on any atom is -1.00 e. The molecular weight excluding hydrogens is 314 g/mol. The highest BCUT2D eigenvalue weighted by atomic mass is 35.5. The van der Waals surface area contributed by atoms with Gasteiger partial charge in [-0.2, -0.15) is 0 Å². The van der Waals surface area contributed by atoms with Crippen LogP contribution in [0.25, 0.3) is 0 Å². The van der Waals surface area contributed by atoms with Crippen LogP contribution in [0.15, 0.2) is 24.3 Å². The van der Waals surface area contributed by atoms with Crippen molar-refractivity contribution in [1.29, 1.82) is 0 Å². The monoisotopic (exact) mass is 353 g/mol. The second-order valence-electron chi connectivity index (χ2n) is 7.71. The van der Waals surface area contributed by atoms with Gasteiger partial charge in [-0.05, 0) is 39.2 Å². The molecule has 0 bridgehead atoms. The molecule has 1 aromatic rings. The van der Waals surface area contributed by atoms with Gasteiger partial charge < -0.3 is 17.7 Å². The molecule has 0 saturated carbocycles. The maximum absolute atomic E-state index is 2.53. The minimum atomic E-state index is 0. The summed E-state index contributed by atoms with van der Waals surface area (Å²) in [6.45, 7) is 10.5. The lowest BCUT2D eigenvalue weighted by molar-refractivity contribution is -0.729. The number of benzene rings is 1. The summed E-state index contributed by atoms with van der Waals surface area (Å²) in [7, 11) is 0. The molecule has 0 saturated heterocycles. The van der Waals surface area contributed by atoms with E-state index in [-0.39, 0.29) is 17.9 Å². The van der Waals surface area contributed by atoms with E-state index in [2.05, 4.69) is 57.3 Å². The van der Waals surface area contributed by atoms with E-state index >= 15 is 0 Å². The van der Waals surface area contributed by atoms with Crippen LogP contribution in [0.4, 0.5) is 0 Å². The van der Waals surface area contributed by atoms with Crippen LogP contribution in [0, 0.1) is 6.92 Å². The molecule has 2 heteroatoms. The molecule has 0 aliphatic rings. The highest BCUT2D eigenvalue weighted by Crippen LogP contribution is 2.19. The van der Waals surface area contributed by atoms with Crippen LogP contribution in [0.1, 0.15) is 96.1 Å². The Labute approximate surface area is 157 Å². The molecule has 140 valence electrons. The van der Waals surface area contributed by atoms with E-state index in [1.54, 1.807) is 0 Å². The lowest BCUT2D eigenvalue weighted by atomic mass is 9.90. The van der Waals surface area contributed by atoms with Crippen molar-refractivity contribution in [2.24, 2.45) is 0 Å². The van der Waals surface area contributed by atoms with Gasteiger partial charge in [-0.1, -0.05) is 82.6 Å². The standard InChI is InChI=1S/C22H39N.ClH/c1-5-6-7-8-9-10-11-12-13-16-19-23-22(3,4)21-18-15-14-17-20(21)2;/h14-15,17-18,23H,5-13,16,19H2,1-4H3;1H. The molecule has 0 fully saturated rings. The lowest BCUT2D eigenvalue weighted by Crippen LogP contribution is -3.00. The molecule has 0 unspecified atom stereocenters. The minimum absolute atomic E-state index is 0. The zero-order valence-corrected chi connectivity index (χ0v) is 17.3. The van der Waals surface area contributed by atoms with Crippen molar-refractivity contribution >= 4 is 0 Å². The Balaban J connectivity index is 0.00000529. The molecular formula is C22H40ClN. The number of hydrogen-bond acceptors (Lipinski definition) is 0. The molecule has 0 atom stereocenters. The maximum Gasteiger partial charge on any atom is 0.116 e. The Morgan fingerprint density at radius 3 is 1.83 bits per heavy atom. The number of quaternary nitrogens is 1. The summed E-state index contributed by atoms with van der Waals surface area (Å²) in [6, 6.07) is 8.81. The van der Waals surface area contributed by atoms with Gasteiger partial charge in [0.15, 0.2) is 0 Å². The van der Waals surface area contributed by atoms with Gasteiger partial charge in [-0.15, -0.1) is 0 Å². The summed E-state index contributed by atoms with van der Waals surface area (Å²) < 4.78 is 0.